The van der Waals surface area contributed by atoms with Crippen LogP contribution in [0.5, 0.6) is 0 Å². The van der Waals surface area contributed by atoms with E-state index in [4.69, 9.17) is 10.8 Å². The summed E-state index contributed by atoms with van der Waals surface area (Å²) < 4.78 is 4.56. The summed E-state index contributed by atoms with van der Waals surface area (Å²) in [5.41, 5.74) is 5.35. The molecule has 0 spiro atoms. The van der Waals surface area contributed by atoms with Crippen LogP contribution >= 0.6 is 0 Å². The maximum atomic E-state index is 11.3. The van der Waals surface area contributed by atoms with Crippen molar-refractivity contribution < 1.29 is 19.4 Å². The number of carbonyl (C=O) groups is 2. The number of hydrogen-bond acceptors (Lipinski definition) is 5. The van der Waals surface area contributed by atoms with E-state index in [1.54, 1.807) is 0 Å². The molecule has 0 aromatic carbocycles. The molecule has 0 radical (unpaired) electrons. The topological polar surface area (TPSA) is 89.6 Å². The van der Waals surface area contributed by atoms with E-state index < -0.39 is 24.1 Å². The SMILES string of the molecule is CCCCCCCCCC(=O)OC(=O)[C@@H](N)[C@@H](C)O. The highest BCUT2D eigenvalue weighted by molar-refractivity contribution is 5.88. The molecule has 0 fully saturated rings. The van der Waals surface area contributed by atoms with Crippen LogP contribution in [0.2, 0.25) is 0 Å². The highest BCUT2D eigenvalue weighted by Gasteiger charge is 2.22. The van der Waals surface area contributed by atoms with Crippen LogP contribution in [-0.2, 0) is 14.3 Å². The van der Waals surface area contributed by atoms with Crippen molar-refractivity contribution in [3.8, 4) is 0 Å². The fourth-order valence-corrected chi connectivity index (χ4v) is 1.65. The van der Waals surface area contributed by atoms with Gasteiger partial charge in [-0.2, -0.15) is 0 Å². The lowest BCUT2D eigenvalue weighted by molar-refractivity contribution is -0.162. The van der Waals surface area contributed by atoms with Crippen molar-refractivity contribution in [1.29, 1.82) is 0 Å². The van der Waals surface area contributed by atoms with Crippen molar-refractivity contribution in [2.75, 3.05) is 0 Å². The van der Waals surface area contributed by atoms with Gasteiger partial charge in [0, 0.05) is 6.42 Å². The quantitative estimate of drug-likeness (QED) is 0.360. The van der Waals surface area contributed by atoms with Crippen molar-refractivity contribution in [2.45, 2.75) is 77.4 Å². The molecule has 0 aliphatic heterocycles. The van der Waals surface area contributed by atoms with Crippen molar-refractivity contribution in [1.82, 2.24) is 0 Å². The molecule has 5 nitrogen and oxygen atoms in total. The lowest BCUT2D eigenvalue weighted by atomic mass is 10.1. The normalized spacial score (nSPS) is 13.9. The highest BCUT2D eigenvalue weighted by atomic mass is 16.6. The van der Waals surface area contributed by atoms with E-state index in [2.05, 4.69) is 11.7 Å². The third-order valence-corrected chi connectivity index (χ3v) is 2.99. The van der Waals surface area contributed by atoms with Crippen molar-refractivity contribution in [3.05, 3.63) is 0 Å². The Labute approximate surface area is 115 Å². The minimum atomic E-state index is -1.15. The molecule has 0 saturated heterocycles. The van der Waals surface area contributed by atoms with Gasteiger partial charge in [-0.25, -0.2) is 4.79 Å². The Bertz CT molecular complexity index is 266. The van der Waals surface area contributed by atoms with E-state index in [0.29, 0.717) is 0 Å². The van der Waals surface area contributed by atoms with Crippen molar-refractivity contribution >= 4 is 11.9 Å². The van der Waals surface area contributed by atoms with Gasteiger partial charge in [0.15, 0.2) is 0 Å². The van der Waals surface area contributed by atoms with Crippen LogP contribution in [-0.4, -0.2) is 29.2 Å². The summed E-state index contributed by atoms with van der Waals surface area (Å²) in [4.78, 5) is 22.6. The lowest BCUT2D eigenvalue weighted by Crippen LogP contribution is -2.42. The molecule has 0 aliphatic rings. The van der Waals surface area contributed by atoms with Gasteiger partial charge in [-0.05, 0) is 13.3 Å². The van der Waals surface area contributed by atoms with E-state index in [1.807, 2.05) is 0 Å². The van der Waals surface area contributed by atoms with Crippen LogP contribution < -0.4 is 5.73 Å². The second kappa shape index (κ2) is 10.9. The number of esters is 2. The van der Waals surface area contributed by atoms with Gasteiger partial charge in [0.25, 0.3) is 0 Å². The Morgan fingerprint density at radius 3 is 2.16 bits per heavy atom. The van der Waals surface area contributed by atoms with Crippen LogP contribution in [0, 0.1) is 0 Å². The largest absolute Gasteiger partial charge is 0.392 e. The smallest absolute Gasteiger partial charge is 0.333 e. The summed E-state index contributed by atoms with van der Waals surface area (Å²) in [6, 6.07) is -1.15. The zero-order chi connectivity index (χ0) is 14.7. The standard InChI is InChI=1S/C14H27NO4/c1-3-4-5-6-7-8-9-10-12(17)19-14(18)13(15)11(2)16/h11,13,16H,3-10,15H2,1-2H3/t11-,13+/m1/s1. The van der Waals surface area contributed by atoms with E-state index >= 15 is 0 Å². The summed E-state index contributed by atoms with van der Waals surface area (Å²) in [7, 11) is 0. The predicted octanol–water partition coefficient (Wildman–Crippen LogP) is 1.90. The number of aliphatic hydroxyl groups excluding tert-OH is 1. The maximum absolute atomic E-state index is 11.3. The summed E-state index contributed by atoms with van der Waals surface area (Å²) >= 11 is 0. The number of aliphatic hydroxyl groups is 1. The van der Waals surface area contributed by atoms with Crippen LogP contribution in [0.1, 0.15) is 65.2 Å². The van der Waals surface area contributed by atoms with E-state index in [-0.39, 0.29) is 6.42 Å². The Kier molecular flexibility index (Phi) is 10.4. The molecule has 2 atom stereocenters. The number of ether oxygens (including phenoxy) is 1. The Hall–Kier alpha value is -0.940. The third kappa shape index (κ3) is 9.62. The Morgan fingerprint density at radius 1 is 1.11 bits per heavy atom. The highest BCUT2D eigenvalue weighted by Crippen LogP contribution is 2.09. The molecule has 0 bridgehead atoms. The van der Waals surface area contributed by atoms with Gasteiger partial charge < -0.3 is 15.6 Å². The molecule has 112 valence electrons. The fraction of sp³-hybridized carbons (Fsp3) is 0.857. The monoisotopic (exact) mass is 273 g/mol. The molecule has 0 rings (SSSR count). The zero-order valence-corrected chi connectivity index (χ0v) is 12.1. The summed E-state index contributed by atoms with van der Waals surface area (Å²) in [5.74, 6) is -1.42. The van der Waals surface area contributed by atoms with E-state index in [9.17, 15) is 9.59 Å². The minimum Gasteiger partial charge on any atom is -0.392 e. The maximum Gasteiger partial charge on any atom is 0.333 e. The second-order valence-electron chi connectivity index (χ2n) is 4.93. The molecule has 0 aliphatic carbocycles. The molecule has 5 heteroatoms. The van der Waals surface area contributed by atoms with Crippen molar-refractivity contribution in [3.63, 3.8) is 0 Å². The van der Waals surface area contributed by atoms with Crippen LogP contribution in [0.3, 0.4) is 0 Å². The van der Waals surface area contributed by atoms with E-state index in [0.717, 1.165) is 19.3 Å². The van der Waals surface area contributed by atoms with Crippen LogP contribution in [0.4, 0.5) is 0 Å². The Balaban J connectivity index is 3.57. The molecule has 0 amide bonds. The molecule has 0 heterocycles. The second-order valence-corrected chi connectivity index (χ2v) is 4.93. The number of nitrogens with two attached hydrogens (primary N) is 1. The molecular weight excluding hydrogens is 246 g/mol. The fourth-order valence-electron chi connectivity index (χ4n) is 1.65. The summed E-state index contributed by atoms with van der Waals surface area (Å²) in [6.07, 6.45) is 6.92. The van der Waals surface area contributed by atoms with Crippen LogP contribution in [0.25, 0.3) is 0 Å². The molecule has 0 aromatic rings. The number of rotatable bonds is 10. The number of unbranched alkanes of at least 4 members (excludes halogenated alkanes) is 6. The molecule has 19 heavy (non-hydrogen) atoms. The minimum absolute atomic E-state index is 0.228. The summed E-state index contributed by atoms with van der Waals surface area (Å²) in [6.45, 7) is 3.55. The molecule has 3 N–H and O–H groups in total. The molecular formula is C14H27NO4. The van der Waals surface area contributed by atoms with Gasteiger partial charge in [0.2, 0.25) is 0 Å². The average Bonchev–Trinajstić information content (AvgIpc) is 2.36. The van der Waals surface area contributed by atoms with Crippen molar-refractivity contribution in [2.24, 2.45) is 5.73 Å². The molecule has 0 saturated carbocycles. The zero-order valence-electron chi connectivity index (χ0n) is 12.1. The van der Waals surface area contributed by atoms with Gasteiger partial charge >= 0.3 is 11.9 Å². The molecule has 0 unspecified atom stereocenters. The van der Waals surface area contributed by atoms with Gasteiger partial charge in [0.05, 0.1) is 6.10 Å². The molecule has 0 aromatic heterocycles. The van der Waals surface area contributed by atoms with Gasteiger partial charge in [0.1, 0.15) is 6.04 Å². The third-order valence-electron chi connectivity index (χ3n) is 2.99. The first kappa shape index (κ1) is 18.1. The summed E-state index contributed by atoms with van der Waals surface area (Å²) in [5, 5.41) is 9.08. The number of carbonyl (C=O) groups excluding carboxylic acids is 2. The predicted molar refractivity (Wildman–Crippen MR) is 73.4 cm³/mol. The average molecular weight is 273 g/mol. The lowest BCUT2D eigenvalue weighted by Gasteiger charge is -2.12. The number of hydrogen-bond donors (Lipinski definition) is 2. The van der Waals surface area contributed by atoms with E-state index in [1.165, 1.54) is 32.6 Å². The first-order chi connectivity index (χ1) is 8.99. The van der Waals surface area contributed by atoms with Gasteiger partial charge in [-0.1, -0.05) is 45.4 Å². The Morgan fingerprint density at radius 2 is 1.63 bits per heavy atom. The van der Waals surface area contributed by atoms with Gasteiger partial charge in [-0.15, -0.1) is 0 Å². The first-order valence-corrected chi connectivity index (χ1v) is 7.17. The first-order valence-electron chi connectivity index (χ1n) is 7.17. The van der Waals surface area contributed by atoms with Crippen LogP contribution in [0.15, 0.2) is 0 Å². The van der Waals surface area contributed by atoms with Gasteiger partial charge in [-0.3, -0.25) is 4.79 Å².